The predicted octanol–water partition coefficient (Wildman–Crippen LogP) is 2.67. The van der Waals surface area contributed by atoms with E-state index in [9.17, 15) is 13.2 Å². The molecule has 2 aromatic carbocycles. The molecule has 0 radical (unpaired) electrons. The number of amides is 1. The van der Waals surface area contributed by atoms with Gasteiger partial charge in [0.2, 0.25) is 15.9 Å². The van der Waals surface area contributed by atoms with Crippen molar-refractivity contribution in [2.75, 3.05) is 31.6 Å². The Labute approximate surface area is 159 Å². The maximum Gasteiger partial charge on any atom is 0.248 e. The van der Waals surface area contributed by atoms with E-state index in [4.69, 9.17) is 4.74 Å². The molecule has 3 rings (SSSR count). The van der Waals surface area contributed by atoms with Gasteiger partial charge in [-0.15, -0.1) is 0 Å². The lowest BCUT2D eigenvalue weighted by atomic mass is 10.2. The van der Waals surface area contributed by atoms with E-state index in [-0.39, 0.29) is 10.8 Å². The highest BCUT2D eigenvalue weighted by Gasteiger charge is 2.25. The summed E-state index contributed by atoms with van der Waals surface area (Å²) >= 11 is 0. The van der Waals surface area contributed by atoms with E-state index in [1.54, 1.807) is 30.3 Å². The molecule has 6 nitrogen and oxygen atoms in total. The van der Waals surface area contributed by atoms with Gasteiger partial charge in [0.15, 0.2) is 0 Å². The van der Waals surface area contributed by atoms with Crippen LogP contribution in [0.5, 0.6) is 0 Å². The molecule has 1 heterocycles. The minimum atomic E-state index is -3.51. The molecule has 0 spiro atoms. The maximum atomic E-state index is 12.6. The molecule has 1 aliphatic rings. The summed E-state index contributed by atoms with van der Waals surface area (Å²) in [6, 6.07) is 14.0. The molecular formula is C20H22N2O4S. The van der Waals surface area contributed by atoms with Crippen molar-refractivity contribution in [2.24, 2.45) is 0 Å². The lowest BCUT2D eigenvalue weighted by molar-refractivity contribution is -0.111. The first-order chi connectivity index (χ1) is 13.0. The zero-order valence-corrected chi connectivity index (χ0v) is 15.9. The van der Waals surface area contributed by atoms with Gasteiger partial charge in [-0.2, -0.15) is 4.31 Å². The number of aryl methyl sites for hydroxylation is 1. The zero-order valence-electron chi connectivity index (χ0n) is 15.1. The van der Waals surface area contributed by atoms with E-state index in [1.807, 2.05) is 31.2 Å². The van der Waals surface area contributed by atoms with Gasteiger partial charge in [0.1, 0.15) is 0 Å². The van der Waals surface area contributed by atoms with Crippen LogP contribution in [0.4, 0.5) is 5.69 Å². The molecule has 1 amide bonds. The quantitative estimate of drug-likeness (QED) is 0.802. The molecule has 0 aromatic heterocycles. The molecule has 0 aliphatic carbocycles. The van der Waals surface area contributed by atoms with Crippen molar-refractivity contribution < 1.29 is 17.9 Å². The fourth-order valence-electron chi connectivity index (χ4n) is 2.75. The van der Waals surface area contributed by atoms with Gasteiger partial charge in [-0.05, 0) is 42.3 Å². The Morgan fingerprint density at radius 3 is 2.41 bits per heavy atom. The standard InChI is InChI=1S/C20H22N2O4S/c1-16-4-2-3-5-19(16)21-20(23)11-8-17-6-9-18(10-7-17)27(24,25)22-12-14-26-15-13-22/h2-11H,12-15H2,1H3,(H,21,23)/b11-8-. The Hall–Kier alpha value is -2.48. The largest absolute Gasteiger partial charge is 0.379 e. The Morgan fingerprint density at radius 1 is 1.07 bits per heavy atom. The lowest BCUT2D eigenvalue weighted by Gasteiger charge is -2.26. The average Bonchev–Trinajstić information content (AvgIpc) is 2.69. The van der Waals surface area contributed by atoms with E-state index in [1.165, 1.54) is 10.4 Å². The summed E-state index contributed by atoms with van der Waals surface area (Å²) in [6.07, 6.45) is 3.08. The molecule has 1 saturated heterocycles. The topological polar surface area (TPSA) is 75.7 Å². The number of para-hydroxylation sites is 1. The molecule has 1 aliphatic heterocycles. The molecule has 1 N–H and O–H groups in total. The molecule has 1 fully saturated rings. The second kappa shape index (κ2) is 8.47. The Kier molecular flexibility index (Phi) is 6.05. The third-order valence-electron chi connectivity index (χ3n) is 4.32. The molecular weight excluding hydrogens is 364 g/mol. The van der Waals surface area contributed by atoms with Crippen molar-refractivity contribution in [1.82, 2.24) is 4.31 Å². The summed E-state index contributed by atoms with van der Waals surface area (Å²) in [6.45, 7) is 3.48. The van der Waals surface area contributed by atoms with E-state index in [0.717, 1.165) is 16.8 Å². The van der Waals surface area contributed by atoms with Crippen LogP contribution in [0.15, 0.2) is 59.5 Å². The number of rotatable bonds is 5. The van der Waals surface area contributed by atoms with Crippen LogP contribution in [0.25, 0.3) is 6.08 Å². The number of hydrogen-bond acceptors (Lipinski definition) is 4. The van der Waals surface area contributed by atoms with Gasteiger partial charge in [0.05, 0.1) is 18.1 Å². The fraction of sp³-hybridized carbons (Fsp3) is 0.250. The smallest absolute Gasteiger partial charge is 0.248 e. The molecule has 2 aromatic rings. The third kappa shape index (κ3) is 4.82. The highest BCUT2D eigenvalue weighted by atomic mass is 32.2. The second-order valence-corrected chi connectivity index (χ2v) is 8.16. The summed E-state index contributed by atoms with van der Waals surface area (Å²) in [5, 5.41) is 2.82. The number of morpholine rings is 1. The van der Waals surface area contributed by atoms with Crippen molar-refractivity contribution in [1.29, 1.82) is 0 Å². The van der Waals surface area contributed by atoms with E-state index >= 15 is 0 Å². The number of ether oxygens (including phenoxy) is 1. The van der Waals surface area contributed by atoms with Crippen LogP contribution in [-0.4, -0.2) is 44.9 Å². The predicted molar refractivity (Wildman–Crippen MR) is 105 cm³/mol. The molecule has 27 heavy (non-hydrogen) atoms. The monoisotopic (exact) mass is 386 g/mol. The number of sulfonamides is 1. The van der Waals surface area contributed by atoms with Crippen molar-refractivity contribution in [3.8, 4) is 0 Å². The van der Waals surface area contributed by atoms with Gasteiger partial charge in [-0.1, -0.05) is 30.3 Å². The van der Waals surface area contributed by atoms with Crippen LogP contribution in [-0.2, 0) is 19.6 Å². The lowest BCUT2D eigenvalue weighted by Crippen LogP contribution is -2.40. The molecule has 0 saturated carbocycles. The number of nitrogens with zero attached hydrogens (tertiary/aromatic N) is 1. The number of carbonyl (C=O) groups is 1. The Morgan fingerprint density at radius 2 is 1.74 bits per heavy atom. The molecule has 0 bridgehead atoms. The first-order valence-electron chi connectivity index (χ1n) is 8.69. The summed E-state index contributed by atoms with van der Waals surface area (Å²) in [7, 11) is -3.51. The highest BCUT2D eigenvalue weighted by Crippen LogP contribution is 2.18. The average molecular weight is 386 g/mol. The van der Waals surface area contributed by atoms with Crippen LogP contribution in [0.1, 0.15) is 11.1 Å². The Balaban J connectivity index is 1.65. The molecule has 0 unspecified atom stereocenters. The molecule has 0 atom stereocenters. The van der Waals surface area contributed by atoms with Gasteiger partial charge < -0.3 is 10.1 Å². The SMILES string of the molecule is Cc1ccccc1NC(=O)/C=C\c1ccc(S(=O)(=O)N2CCOCC2)cc1. The van der Waals surface area contributed by atoms with Gasteiger partial charge in [-0.3, -0.25) is 4.79 Å². The fourth-order valence-corrected chi connectivity index (χ4v) is 4.15. The summed E-state index contributed by atoms with van der Waals surface area (Å²) in [4.78, 5) is 12.3. The van der Waals surface area contributed by atoms with Gasteiger partial charge >= 0.3 is 0 Å². The second-order valence-electron chi connectivity index (χ2n) is 6.22. The molecule has 7 heteroatoms. The number of benzene rings is 2. The van der Waals surface area contributed by atoms with Crippen molar-refractivity contribution in [3.05, 3.63) is 65.7 Å². The summed E-state index contributed by atoms with van der Waals surface area (Å²) in [5.41, 5.74) is 2.49. The first kappa shape index (κ1) is 19.3. The van der Waals surface area contributed by atoms with Crippen LogP contribution in [0.3, 0.4) is 0 Å². The van der Waals surface area contributed by atoms with Crippen molar-refractivity contribution in [2.45, 2.75) is 11.8 Å². The van der Waals surface area contributed by atoms with Crippen molar-refractivity contribution >= 4 is 27.7 Å². The zero-order chi connectivity index (χ0) is 19.3. The molecule has 142 valence electrons. The maximum absolute atomic E-state index is 12.6. The van der Waals surface area contributed by atoms with Crippen LogP contribution >= 0.6 is 0 Å². The normalized spacial score (nSPS) is 15.7. The van der Waals surface area contributed by atoms with E-state index < -0.39 is 10.0 Å². The first-order valence-corrected chi connectivity index (χ1v) is 10.1. The van der Waals surface area contributed by atoms with Crippen LogP contribution in [0.2, 0.25) is 0 Å². The van der Waals surface area contributed by atoms with Gasteiger partial charge in [-0.25, -0.2) is 8.42 Å². The van der Waals surface area contributed by atoms with E-state index in [2.05, 4.69) is 5.32 Å². The van der Waals surface area contributed by atoms with Gasteiger partial charge in [0, 0.05) is 24.9 Å². The number of anilines is 1. The van der Waals surface area contributed by atoms with Crippen LogP contribution in [0, 0.1) is 6.92 Å². The number of nitrogens with one attached hydrogen (secondary N) is 1. The third-order valence-corrected chi connectivity index (χ3v) is 6.23. The van der Waals surface area contributed by atoms with E-state index in [0.29, 0.717) is 26.3 Å². The van der Waals surface area contributed by atoms with Crippen LogP contribution < -0.4 is 5.32 Å². The minimum Gasteiger partial charge on any atom is -0.379 e. The Bertz CT molecular complexity index is 931. The minimum absolute atomic E-state index is 0.241. The summed E-state index contributed by atoms with van der Waals surface area (Å²) < 4.78 is 31.8. The van der Waals surface area contributed by atoms with Crippen molar-refractivity contribution in [3.63, 3.8) is 0 Å². The van der Waals surface area contributed by atoms with Gasteiger partial charge in [0.25, 0.3) is 0 Å². The number of hydrogen-bond donors (Lipinski definition) is 1. The number of carbonyl (C=O) groups excluding carboxylic acids is 1. The highest BCUT2D eigenvalue weighted by molar-refractivity contribution is 7.89. The summed E-state index contributed by atoms with van der Waals surface area (Å²) in [5.74, 6) is -0.241.